The standard InChI is InChI=1S/C19H23ClF5N5O6P2S/c1-11(12-2-5-14(6-3-12)39(21,22,23,24)25)27-17-15-8-26-30(18(15)29-19(20)28-17)16-7-4-13(36-16)9-35-37(31)10-38(32,33)34/h2-3,5-6,8,11,13,16,31H,4,7,9-10H2,1H3,(H,27,28,29)(H2,32,33,34)/t11-,13?,16?,37?/m1/s1. The Hall–Kier alpha value is -1.68. The summed E-state index contributed by atoms with van der Waals surface area (Å²) in [5.74, 6) is -0.590. The number of halogens is 6. The minimum absolute atomic E-state index is 0.0984. The lowest BCUT2D eigenvalue weighted by Crippen LogP contribution is -2.17. The Kier molecular flexibility index (Phi) is 7.76. The zero-order chi connectivity index (χ0) is 28.9. The molecule has 0 bridgehead atoms. The molecule has 0 amide bonds. The van der Waals surface area contributed by atoms with Gasteiger partial charge in [0.1, 0.15) is 16.6 Å². The average molecular weight is 642 g/mol. The van der Waals surface area contributed by atoms with Crippen LogP contribution in [0.5, 0.6) is 0 Å². The van der Waals surface area contributed by atoms with Gasteiger partial charge in [0, 0.05) is 6.04 Å². The lowest BCUT2D eigenvalue weighted by molar-refractivity contribution is -0.0213. The molecule has 3 heterocycles. The van der Waals surface area contributed by atoms with Crippen molar-refractivity contribution in [1.82, 2.24) is 19.7 Å². The van der Waals surface area contributed by atoms with Crippen molar-refractivity contribution >= 4 is 54.6 Å². The van der Waals surface area contributed by atoms with Crippen LogP contribution in [0, 0.1) is 0 Å². The van der Waals surface area contributed by atoms with Gasteiger partial charge in [-0.25, -0.2) is 4.68 Å². The van der Waals surface area contributed by atoms with Crippen molar-refractivity contribution in [2.75, 3.05) is 17.8 Å². The van der Waals surface area contributed by atoms with Crippen LogP contribution in [0.3, 0.4) is 0 Å². The second-order valence-corrected chi connectivity index (χ2v) is 15.0. The summed E-state index contributed by atoms with van der Waals surface area (Å²) < 4.78 is 88.6. The van der Waals surface area contributed by atoms with Crippen LogP contribution in [-0.4, -0.2) is 53.0 Å². The molecule has 1 fully saturated rings. The van der Waals surface area contributed by atoms with E-state index in [4.69, 9.17) is 30.6 Å². The summed E-state index contributed by atoms with van der Waals surface area (Å²) in [5.41, 5.74) is 0.555. The average Bonchev–Trinajstić information content (AvgIpc) is 3.42. The third-order valence-corrected chi connectivity index (χ3v) is 9.90. The minimum Gasteiger partial charge on any atom is -0.363 e. The van der Waals surface area contributed by atoms with E-state index in [9.17, 15) is 28.9 Å². The number of anilines is 1. The molecule has 1 saturated heterocycles. The fourth-order valence-corrected chi connectivity index (χ4v) is 6.62. The van der Waals surface area contributed by atoms with Gasteiger partial charge in [-0.15, -0.1) is 0 Å². The molecule has 0 radical (unpaired) electrons. The highest BCUT2D eigenvalue weighted by atomic mass is 35.5. The van der Waals surface area contributed by atoms with Crippen LogP contribution >= 0.6 is 37.8 Å². The van der Waals surface area contributed by atoms with Gasteiger partial charge in [0.15, 0.2) is 20.3 Å². The molecule has 3 unspecified atom stereocenters. The molecule has 218 valence electrons. The van der Waals surface area contributed by atoms with Crippen LogP contribution in [0.4, 0.5) is 25.2 Å². The molecule has 4 N–H and O–H groups in total. The van der Waals surface area contributed by atoms with E-state index in [2.05, 4.69) is 20.4 Å². The number of benzene rings is 1. The van der Waals surface area contributed by atoms with E-state index in [1.807, 2.05) is 0 Å². The molecule has 4 rings (SSSR count). The zero-order valence-corrected chi connectivity index (χ0v) is 23.2. The van der Waals surface area contributed by atoms with Crippen LogP contribution in [-0.2, 0) is 13.8 Å². The summed E-state index contributed by atoms with van der Waals surface area (Å²) in [5, 5.41) is 7.50. The van der Waals surface area contributed by atoms with Crippen molar-refractivity contribution in [1.29, 1.82) is 0 Å². The lowest BCUT2D eigenvalue weighted by Gasteiger charge is -2.40. The summed E-state index contributed by atoms with van der Waals surface area (Å²) in [4.78, 5) is 33.8. The molecular weight excluding hydrogens is 619 g/mol. The first kappa shape index (κ1) is 30.3. The molecule has 1 aromatic carbocycles. The van der Waals surface area contributed by atoms with Crippen molar-refractivity contribution < 1.29 is 47.9 Å². The smallest absolute Gasteiger partial charge is 0.334 e. The quantitative estimate of drug-likeness (QED) is 0.110. The van der Waals surface area contributed by atoms with Crippen molar-refractivity contribution in [3.8, 4) is 0 Å². The van der Waals surface area contributed by atoms with Gasteiger partial charge in [0.25, 0.3) is 0 Å². The van der Waals surface area contributed by atoms with Gasteiger partial charge in [0.2, 0.25) is 5.28 Å². The van der Waals surface area contributed by atoms with E-state index in [0.717, 1.165) is 12.1 Å². The number of nitrogens with one attached hydrogen (secondary N) is 1. The molecular formula is C19H23ClF5N5O6P2S. The van der Waals surface area contributed by atoms with E-state index < -0.39 is 55.4 Å². The van der Waals surface area contributed by atoms with E-state index >= 15 is 0 Å². The van der Waals surface area contributed by atoms with E-state index in [0.29, 0.717) is 30.4 Å². The molecule has 0 saturated carbocycles. The van der Waals surface area contributed by atoms with E-state index in [-0.39, 0.29) is 28.9 Å². The minimum atomic E-state index is -9.79. The SMILES string of the molecule is C[C@@H](Nc1nc(Cl)nc2c1cnn2C1CCC(COP(O)CP(=O)(O)O)O1)c1ccc(S(F)(F)(F)(F)F)cc1. The maximum Gasteiger partial charge on any atom is 0.334 e. The second kappa shape index (κ2) is 10.00. The highest BCUT2D eigenvalue weighted by molar-refractivity contribution is 8.45. The van der Waals surface area contributed by atoms with Crippen LogP contribution in [0.1, 0.15) is 37.6 Å². The molecule has 3 aromatic rings. The van der Waals surface area contributed by atoms with E-state index in [1.165, 1.54) is 10.9 Å². The predicted molar refractivity (Wildman–Crippen MR) is 135 cm³/mol. The van der Waals surface area contributed by atoms with E-state index in [1.54, 1.807) is 6.92 Å². The Bertz CT molecular complexity index is 1420. The van der Waals surface area contributed by atoms with Crippen LogP contribution in [0.25, 0.3) is 11.0 Å². The number of nitrogens with zero attached hydrogens (tertiary/aromatic N) is 4. The van der Waals surface area contributed by atoms with Gasteiger partial charge in [0.05, 0.1) is 24.3 Å². The summed E-state index contributed by atoms with van der Waals surface area (Å²) in [6, 6.07) is 1.89. The molecule has 2 aromatic heterocycles. The van der Waals surface area contributed by atoms with Crippen molar-refractivity contribution in [2.24, 2.45) is 0 Å². The van der Waals surface area contributed by atoms with Gasteiger partial charge >= 0.3 is 17.8 Å². The monoisotopic (exact) mass is 641 g/mol. The predicted octanol–water partition coefficient (Wildman–Crippen LogP) is 6.44. The Morgan fingerprint density at radius 1 is 1.23 bits per heavy atom. The van der Waals surface area contributed by atoms with Crippen molar-refractivity contribution in [2.45, 2.75) is 43.0 Å². The Labute approximate surface area is 224 Å². The summed E-state index contributed by atoms with van der Waals surface area (Å²) in [7, 11) is -16.5. The third-order valence-electron chi connectivity index (χ3n) is 5.68. The first-order valence-electron chi connectivity index (χ1n) is 11.1. The first-order chi connectivity index (χ1) is 17.8. The fourth-order valence-electron chi connectivity index (χ4n) is 3.88. The highest BCUT2D eigenvalue weighted by Crippen LogP contribution is 3.02. The van der Waals surface area contributed by atoms with Gasteiger partial charge < -0.3 is 29.3 Å². The fraction of sp³-hybridized carbons (Fsp3) is 0.421. The molecule has 4 atom stereocenters. The number of aromatic nitrogens is 4. The number of hydrogen-bond donors (Lipinski definition) is 4. The van der Waals surface area contributed by atoms with Gasteiger partial charge in [-0.3, -0.25) is 4.57 Å². The number of ether oxygens (including phenoxy) is 1. The van der Waals surface area contributed by atoms with Crippen LogP contribution < -0.4 is 5.32 Å². The van der Waals surface area contributed by atoms with Crippen LogP contribution in [0.15, 0.2) is 35.4 Å². The van der Waals surface area contributed by atoms with Crippen molar-refractivity contribution in [3.05, 3.63) is 41.3 Å². The zero-order valence-electron chi connectivity index (χ0n) is 19.9. The Morgan fingerprint density at radius 3 is 2.51 bits per heavy atom. The molecule has 1 aliphatic heterocycles. The van der Waals surface area contributed by atoms with Crippen molar-refractivity contribution in [3.63, 3.8) is 0 Å². The van der Waals surface area contributed by atoms with Crippen LogP contribution in [0.2, 0.25) is 5.28 Å². The number of rotatable bonds is 10. The summed E-state index contributed by atoms with van der Waals surface area (Å²) in [6.45, 7) is 1.49. The molecule has 11 nitrogen and oxygen atoms in total. The highest BCUT2D eigenvalue weighted by Gasteiger charge is 2.65. The van der Waals surface area contributed by atoms with Gasteiger partial charge in [-0.2, -0.15) is 15.1 Å². The largest absolute Gasteiger partial charge is 0.363 e. The Balaban J connectivity index is 1.47. The Morgan fingerprint density at radius 2 is 1.90 bits per heavy atom. The third kappa shape index (κ3) is 7.75. The first-order valence-corrected chi connectivity index (χ1v) is 16.6. The van der Waals surface area contributed by atoms with Gasteiger partial charge in [-0.1, -0.05) is 31.6 Å². The van der Waals surface area contributed by atoms with Gasteiger partial charge in [-0.05, 0) is 49.1 Å². The second-order valence-electron chi connectivity index (χ2n) is 8.82. The number of fused-ring (bicyclic) bond motifs is 1. The summed E-state index contributed by atoms with van der Waals surface area (Å²) >= 11 is 6.10. The number of hydrogen-bond acceptors (Lipinski definition) is 8. The molecule has 0 aliphatic carbocycles. The topological polar surface area (TPSA) is 152 Å². The molecule has 20 heteroatoms. The molecule has 39 heavy (non-hydrogen) atoms. The summed E-state index contributed by atoms with van der Waals surface area (Å²) in [6.07, 6.45) is 1.27. The maximum atomic E-state index is 13.0. The maximum absolute atomic E-state index is 13.0. The normalized spacial score (nSPS) is 21.9. The lowest BCUT2D eigenvalue weighted by atomic mass is 10.1. The molecule has 1 aliphatic rings. The molecule has 0 spiro atoms.